The third kappa shape index (κ3) is 2.91. The average Bonchev–Trinajstić information content (AvgIpc) is 2.98. The van der Waals surface area contributed by atoms with Gasteiger partial charge in [-0.3, -0.25) is 0 Å². The molecule has 0 spiro atoms. The molecule has 106 valence electrons. The lowest BCUT2D eigenvalue weighted by atomic mass is 10.1. The number of hydrogen-bond acceptors (Lipinski definition) is 4. The minimum atomic E-state index is 0.340. The number of ether oxygens (including phenoxy) is 1. The minimum absolute atomic E-state index is 0.340. The van der Waals surface area contributed by atoms with E-state index in [4.69, 9.17) is 9.72 Å². The van der Waals surface area contributed by atoms with Gasteiger partial charge in [0.05, 0.1) is 11.6 Å². The third-order valence-corrected chi connectivity index (χ3v) is 4.48. The van der Waals surface area contributed by atoms with Crippen molar-refractivity contribution in [1.82, 2.24) is 4.98 Å². The van der Waals surface area contributed by atoms with Gasteiger partial charge in [0.2, 0.25) is 0 Å². The molecule has 0 radical (unpaired) electrons. The summed E-state index contributed by atoms with van der Waals surface area (Å²) < 4.78 is 5.63. The predicted molar refractivity (Wildman–Crippen MR) is 85.7 cm³/mol. The van der Waals surface area contributed by atoms with Crippen LogP contribution in [-0.4, -0.2) is 30.5 Å². The molecule has 1 aliphatic heterocycles. The summed E-state index contributed by atoms with van der Waals surface area (Å²) >= 11 is 1.76. The van der Waals surface area contributed by atoms with Crippen LogP contribution in [0.2, 0.25) is 0 Å². The summed E-state index contributed by atoms with van der Waals surface area (Å²) in [4.78, 5) is 5.98. The van der Waals surface area contributed by atoms with Crippen LogP contribution >= 0.6 is 11.8 Å². The summed E-state index contributed by atoms with van der Waals surface area (Å²) in [5.74, 6) is 0.947. The number of benzene rings is 1. The minimum Gasteiger partial charge on any atom is -0.376 e. The molecular formula is C16H20N2OS. The summed E-state index contributed by atoms with van der Waals surface area (Å²) in [5.41, 5.74) is 2.32. The maximum atomic E-state index is 5.63. The Morgan fingerprint density at radius 3 is 3.05 bits per heavy atom. The largest absolute Gasteiger partial charge is 0.376 e. The molecule has 2 heterocycles. The first-order valence-corrected chi connectivity index (χ1v) is 8.29. The van der Waals surface area contributed by atoms with E-state index in [9.17, 15) is 0 Å². The summed E-state index contributed by atoms with van der Waals surface area (Å²) in [7, 11) is 0. The molecule has 1 fully saturated rings. The molecule has 1 aromatic carbocycles. The summed E-state index contributed by atoms with van der Waals surface area (Å²) in [6.45, 7) is 3.89. The second-order valence-electron chi connectivity index (χ2n) is 5.22. The van der Waals surface area contributed by atoms with Crippen molar-refractivity contribution in [3.8, 4) is 0 Å². The van der Waals surface area contributed by atoms with Crippen LogP contribution in [0, 0.1) is 6.92 Å². The van der Waals surface area contributed by atoms with Gasteiger partial charge in [-0.05, 0) is 55.9 Å². The van der Waals surface area contributed by atoms with Gasteiger partial charge in [-0.2, -0.15) is 0 Å². The maximum absolute atomic E-state index is 5.63. The Labute approximate surface area is 124 Å². The van der Waals surface area contributed by atoms with E-state index in [-0.39, 0.29) is 0 Å². The van der Waals surface area contributed by atoms with Gasteiger partial charge < -0.3 is 10.1 Å². The fourth-order valence-electron chi connectivity index (χ4n) is 2.61. The van der Waals surface area contributed by atoms with Crippen LogP contribution in [0.1, 0.15) is 18.4 Å². The van der Waals surface area contributed by atoms with Crippen LogP contribution in [0.15, 0.2) is 29.2 Å². The Kier molecular flexibility index (Phi) is 4.13. The second-order valence-corrected chi connectivity index (χ2v) is 6.10. The molecule has 1 aromatic heterocycles. The summed E-state index contributed by atoms with van der Waals surface area (Å²) in [5, 5.41) is 4.64. The van der Waals surface area contributed by atoms with Crippen molar-refractivity contribution in [3.63, 3.8) is 0 Å². The SMILES string of the molecule is CSc1ccc2nc(NCC3CCCO3)cc(C)c2c1. The molecule has 3 nitrogen and oxygen atoms in total. The van der Waals surface area contributed by atoms with Crippen LogP contribution < -0.4 is 5.32 Å². The van der Waals surface area contributed by atoms with Crippen LogP contribution in [-0.2, 0) is 4.74 Å². The Morgan fingerprint density at radius 2 is 2.30 bits per heavy atom. The van der Waals surface area contributed by atoms with E-state index in [0.29, 0.717) is 6.10 Å². The van der Waals surface area contributed by atoms with Crippen LogP contribution in [0.25, 0.3) is 10.9 Å². The molecule has 1 aliphatic rings. The monoisotopic (exact) mass is 288 g/mol. The standard InChI is InChI=1S/C16H20N2OS/c1-11-8-16(17-10-12-4-3-7-19-12)18-15-6-5-13(20-2)9-14(11)15/h5-6,8-9,12H,3-4,7,10H2,1-2H3,(H,17,18). The van der Waals surface area contributed by atoms with Crippen LogP contribution in [0.5, 0.6) is 0 Å². The Morgan fingerprint density at radius 1 is 1.40 bits per heavy atom. The number of thioether (sulfide) groups is 1. The van der Waals surface area contributed by atoms with Gasteiger partial charge in [0.25, 0.3) is 0 Å². The molecule has 0 amide bonds. The fourth-order valence-corrected chi connectivity index (χ4v) is 3.05. The smallest absolute Gasteiger partial charge is 0.127 e. The molecule has 4 heteroatoms. The van der Waals surface area contributed by atoms with E-state index < -0.39 is 0 Å². The second kappa shape index (κ2) is 6.02. The van der Waals surface area contributed by atoms with E-state index in [0.717, 1.165) is 30.9 Å². The number of anilines is 1. The Balaban J connectivity index is 1.81. The number of rotatable bonds is 4. The van der Waals surface area contributed by atoms with Crippen molar-refractivity contribution in [2.45, 2.75) is 30.8 Å². The van der Waals surface area contributed by atoms with E-state index >= 15 is 0 Å². The van der Waals surface area contributed by atoms with Gasteiger partial charge in [-0.25, -0.2) is 4.98 Å². The van der Waals surface area contributed by atoms with E-state index in [1.165, 1.54) is 22.3 Å². The zero-order chi connectivity index (χ0) is 13.9. The van der Waals surface area contributed by atoms with Crippen molar-refractivity contribution >= 4 is 28.5 Å². The quantitative estimate of drug-likeness (QED) is 0.866. The normalized spacial score (nSPS) is 18.6. The highest BCUT2D eigenvalue weighted by molar-refractivity contribution is 7.98. The molecular weight excluding hydrogens is 268 g/mol. The summed E-state index contributed by atoms with van der Waals surface area (Å²) in [6, 6.07) is 8.57. The van der Waals surface area contributed by atoms with Crippen molar-refractivity contribution in [1.29, 1.82) is 0 Å². The Hall–Kier alpha value is -1.26. The molecule has 1 atom stereocenters. The van der Waals surface area contributed by atoms with Gasteiger partial charge in [0.15, 0.2) is 0 Å². The highest BCUT2D eigenvalue weighted by atomic mass is 32.2. The number of pyridine rings is 1. The zero-order valence-electron chi connectivity index (χ0n) is 12.0. The fraction of sp³-hybridized carbons (Fsp3) is 0.438. The highest BCUT2D eigenvalue weighted by Gasteiger charge is 2.15. The van der Waals surface area contributed by atoms with Gasteiger partial charge in [0.1, 0.15) is 5.82 Å². The first-order valence-electron chi connectivity index (χ1n) is 7.07. The number of fused-ring (bicyclic) bond motifs is 1. The van der Waals surface area contributed by atoms with E-state index in [1.807, 2.05) is 0 Å². The molecule has 2 aromatic rings. The predicted octanol–water partition coefficient (Wildman–Crippen LogP) is 3.86. The van der Waals surface area contributed by atoms with Gasteiger partial charge in [-0.1, -0.05) is 0 Å². The number of nitrogens with one attached hydrogen (secondary N) is 1. The molecule has 3 rings (SSSR count). The molecule has 0 saturated carbocycles. The first-order chi connectivity index (χ1) is 9.76. The number of aromatic nitrogens is 1. The van der Waals surface area contributed by atoms with Crippen molar-refractivity contribution in [3.05, 3.63) is 29.8 Å². The lowest BCUT2D eigenvalue weighted by Gasteiger charge is -2.13. The third-order valence-electron chi connectivity index (χ3n) is 3.76. The van der Waals surface area contributed by atoms with Gasteiger partial charge in [0, 0.05) is 23.4 Å². The van der Waals surface area contributed by atoms with Crippen molar-refractivity contribution < 1.29 is 4.74 Å². The van der Waals surface area contributed by atoms with Crippen LogP contribution in [0.4, 0.5) is 5.82 Å². The molecule has 20 heavy (non-hydrogen) atoms. The van der Waals surface area contributed by atoms with Crippen molar-refractivity contribution in [2.75, 3.05) is 24.7 Å². The topological polar surface area (TPSA) is 34.2 Å². The molecule has 1 N–H and O–H groups in total. The molecule has 0 aliphatic carbocycles. The lowest BCUT2D eigenvalue weighted by molar-refractivity contribution is 0.120. The molecule has 1 unspecified atom stereocenters. The van der Waals surface area contributed by atoms with E-state index in [1.54, 1.807) is 11.8 Å². The van der Waals surface area contributed by atoms with E-state index in [2.05, 4.69) is 42.8 Å². The van der Waals surface area contributed by atoms with Crippen LogP contribution in [0.3, 0.4) is 0 Å². The first kappa shape index (κ1) is 13.7. The van der Waals surface area contributed by atoms with Crippen molar-refractivity contribution in [2.24, 2.45) is 0 Å². The number of nitrogens with zero attached hydrogens (tertiary/aromatic N) is 1. The number of aryl methyl sites for hydroxylation is 1. The molecule has 1 saturated heterocycles. The highest BCUT2D eigenvalue weighted by Crippen LogP contribution is 2.25. The van der Waals surface area contributed by atoms with Gasteiger partial charge >= 0.3 is 0 Å². The average molecular weight is 288 g/mol. The zero-order valence-corrected chi connectivity index (χ0v) is 12.8. The lowest BCUT2D eigenvalue weighted by Crippen LogP contribution is -2.19. The Bertz CT molecular complexity index is 609. The van der Waals surface area contributed by atoms with Gasteiger partial charge in [-0.15, -0.1) is 11.8 Å². The summed E-state index contributed by atoms with van der Waals surface area (Å²) in [6.07, 6.45) is 4.76. The molecule has 0 bridgehead atoms. The maximum Gasteiger partial charge on any atom is 0.127 e. The number of hydrogen-bond donors (Lipinski definition) is 1.